The Bertz CT molecular complexity index is 386. The first kappa shape index (κ1) is 15.3. The Kier molecular flexibility index (Phi) is 5.72. The first-order valence-corrected chi connectivity index (χ1v) is 7.64. The molecule has 0 aromatic rings. The molecular formula is C10H16N4OS4. The van der Waals surface area contributed by atoms with Crippen LogP contribution in [-0.2, 0) is 4.74 Å². The molecule has 1 fully saturated rings. The van der Waals surface area contributed by atoms with Crippen LogP contribution in [0.25, 0.3) is 0 Å². The van der Waals surface area contributed by atoms with Crippen LogP contribution in [0.2, 0.25) is 0 Å². The molecular weight excluding hydrogens is 320 g/mol. The number of rotatable bonds is 2. The molecule has 0 unspecified atom stereocenters. The molecule has 0 aromatic heterocycles. The molecule has 0 saturated carbocycles. The van der Waals surface area contributed by atoms with Crippen LogP contribution in [0, 0.1) is 0 Å². The van der Waals surface area contributed by atoms with Crippen LogP contribution in [0.15, 0.2) is 12.3 Å². The van der Waals surface area contributed by atoms with Crippen LogP contribution in [0.3, 0.4) is 0 Å². The second kappa shape index (κ2) is 7.09. The van der Waals surface area contributed by atoms with Gasteiger partial charge >= 0.3 is 0 Å². The molecule has 106 valence electrons. The number of hydrazine groups is 3. The Morgan fingerprint density at radius 2 is 1.68 bits per heavy atom. The third-order valence-corrected chi connectivity index (χ3v) is 3.51. The van der Waals surface area contributed by atoms with E-state index in [1.165, 1.54) is 0 Å². The Hall–Kier alpha value is -0.0600. The number of morpholine rings is 1. The summed E-state index contributed by atoms with van der Waals surface area (Å²) in [5.41, 5.74) is 0. The van der Waals surface area contributed by atoms with E-state index in [0.29, 0.717) is 21.9 Å². The summed E-state index contributed by atoms with van der Waals surface area (Å²) in [6, 6.07) is 0. The van der Waals surface area contributed by atoms with E-state index in [2.05, 4.69) is 36.3 Å². The smallest absolute Gasteiger partial charge is 0.176 e. The molecule has 19 heavy (non-hydrogen) atoms. The molecule has 0 N–H and O–H groups in total. The number of thiol groups is 2. The zero-order chi connectivity index (χ0) is 13.8. The van der Waals surface area contributed by atoms with E-state index in [0.717, 1.165) is 26.1 Å². The highest BCUT2D eigenvalue weighted by atomic mass is 32.1. The van der Waals surface area contributed by atoms with Gasteiger partial charge in [0.15, 0.2) is 8.64 Å². The van der Waals surface area contributed by atoms with Crippen molar-refractivity contribution in [2.45, 2.75) is 6.42 Å². The van der Waals surface area contributed by atoms with Crippen LogP contribution >= 0.6 is 49.7 Å². The summed E-state index contributed by atoms with van der Waals surface area (Å²) in [6.07, 6.45) is 5.03. The number of thiocarbonyl (C=S) groups is 2. The average molecular weight is 337 g/mol. The molecule has 0 bridgehead atoms. The highest BCUT2D eigenvalue weighted by Gasteiger charge is 2.30. The van der Waals surface area contributed by atoms with Crippen LogP contribution in [0.4, 0.5) is 0 Å². The number of hydrogen-bond donors (Lipinski definition) is 2. The summed E-state index contributed by atoms with van der Waals surface area (Å²) < 4.78 is 6.22. The lowest BCUT2D eigenvalue weighted by atomic mass is 10.5. The van der Waals surface area contributed by atoms with E-state index in [1.54, 1.807) is 10.2 Å². The molecule has 5 nitrogen and oxygen atoms in total. The summed E-state index contributed by atoms with van der Waals surface area (Å²) in [5, 5.41) is 7.59. The zero-order valence-corrected chi connectivity index (χ0v) is 13.7. The fourth-order valence-electron chi connectivity index (χ4n) is 2.00. The van der Waals surface area contributed by atoms with E-state index in [1.807, 2.05) is 11.2 Å². The summed E-state index contributed by atoms with van der Waals surface area (Å²) >= 11 is 19.1. The zero-order valence-electron chi connectivity index (χ0n) is 10.3. The van der Waals surface area contributed by atoms with Crippen LogP contribution in [0.1, 0.15) is 6.42 Å². The van der Waals surface area contributed by atoms with Gasteiger partial charge in [-0.2, -0.15) is 15.2 Å². The van der Waals surface area contributed by atoms with Crippen molar-refractivity contribution in [3.8, 4) is 0 Å². The Morgan fingerprint density at radius 3 is 2.16 bits per heavy atom. The molecule has 0 radical (unpaired) electrons. The van der Waals surface area contributed by atoms with Gasteiger partial charge in [-0.15, -0.1) is 25.3 Å². The van der Waals surface area contributed by atoms with E-state index >= 15 is 0 Å². The Balaban J connectivity index is 2.20. The van der Waals surface area contributed by atoms with Gasteiger partial charge in [0.2, 0.25) is 0 Å². The van der Waals surface area contributed by atoms with Crippen molar-refractivity contribution < 1.29 is 4.74 Å². The Morgan fingerprint density at radius 1 is 1.05 bits per heavy atom. The maximum absolute atomic E-state index is 5.36. The first-order valence-electron chi connectivity index (χ1n) is 5.93. The predicted octanol–water partition coefficient (Wildman–Crippen LogP) is 1.32. The fraction of sp³-hybridized carbons (Fsp3) is 0.600. The van der Waals surface area contributed by atoms with Gasteiger partial charge in [0.1, 0.15) is 0 Å². The number of hydrogen-bond acceptors (Lipinski definition) is 5. The molecule has 2 heterocycles. The van der Waals surface area contributed by atoms with Gasteiger partial charge in [-0.1, -0.05) is 6.08 Å². The largest absolute Gasteiger partial charge is 0.379 e. The molecule has 2 aliphatic heterocycles. The molecule has 0 spiro atoms. The summed E-state index contributed by atoms with van der Waals surface area (Å²) in [6.45, 7) is 3.65. The monoisotopic (exact) mass is 336 g/mol. The molecule has 2 rings (SSSR count). The van der Waals surface area contributed by atoms with E-state index < -0.39 is 0 Å². The third-order valence-electron chi connectivity index (χ3n) is 2.82. The van der Waals surface area contributed by atoms with Crippen molar-refractivity contribution in [2.24, 2.45) is 0 Å². The molecule has 0 amide bonds. The number of nitrogens with zero attached hydrogens (tertiary/aromatic N) is 4. The minimum absolute atomic E-state index is 0.425. The van der Waals surface area contributed by atoms with Gasteiger partial charge in [-0.3, -0.25) is 5.01 Å². The maximum Gasteiger partial charge on any atom is 0.176 e. The number of ether oxygens (including phenoxy) is 1. The predicted molar refractivity (Wildman–Crippen MR) is 89.7 cm³/mol. The molecule has 9 heteroatoms. The summed E-state index contributed by atoms with van der Waals surface area (Å²) in [5.74, 6) is 0. The van der Waals surface area contributed by atoms with Crippen molar-refractivity contribution in [3.63, 3.8) is 0 Å². The molecule has 2 aliphatic rings. The normalized spacial score (nSPS) is 19.6. The summed E-state index contributed by atoms with van der Waals surface area (Å²) in [7, 11) is 0. The van der Waals surface area contributed by atoms with Crippen molar-refractivity contribution in [1.29, 1.82) is 0 Å². The Labute approximate surface area is 134 Å². The summed E-state index contributed by atoms with van der Waals surface area (Å²) in [4.78, 5) is 0. The van der Waals surface area contributed by atoms with Gasteiger partial charge in [0, 0.05) is 25.8 Å². The van der Waals surface area contributed by atoms with Crippen LogP contribution in [0.5, 0.6) is 0 Å². The van der Waals surface area contributed by atoms with E-state index in [4.69, 9.17) is 29.2 Å². The molecule has 1 saturated heterocycles. The SMILES string of the molecule is S=C(S)N(N1C=CCC1)N(C(=S)S)N1CCOCC1. The minimum atomic E-state index is 0.425. The van der Waals surface area contributed by atoms with Crippen molar-refractivity contribution in [2.75, 3.05) is 32.8 Å². The second-order valence-electron chi connectivity index (χ2n) is 4.05. The van der Waals surface area contributed by atoms with Crippen LogP contribution in [-0.4, -0.2) is 61.7 Å². The van der Waals surface area contributed by atoms with Gasteiger partial charge in [0.05, 0.1) is 13.2 Å². The van der Waals surface area contributed by atoms with Gasteiger partial charge in [0.25, 0.3) is 0 Å². The molecule has 0 atom stereocenters. The minimum Gasteiger partial charge on any atom is -0.379 e. The second-order valence-corrected chi connectivity index (χ2v) is 6.27. The molecule has 0 aliphatic carbocycles. The lowest BCUT2D eigenvalue weighted by Gasteiger charge is -2.46. The van der Waals surface area contributed by atoms with Crippen molar-refractivity contribution in [3.05, 3.63) is 12.3 Å². The van der Waals surface area contributed by atoms with Crippen molar-refractivity contribution >= 4 is 58.3 Å². The highest BCUT2D eigenvalue weighted by Crippen LogP contribution is 2.19. The lowest BCUT2D eigenvalue weighted by Crippen LogP contribution is -2.62. The quantitative estimate of drug-likeness (QED) is 0.445. The highest BCUT2D eigenvalue weighted by molar-refractivity contribution is 8.11. The van der Waals surface area contributed by atoms with Crippen LogP contribution < -0.4 is 0 Å². The standard InChI is InChI=1S/C10H16N4OS4/c16-9(17)13(11-3-1-2-4-11)14(10(18)19)12-5-7-15-8-6-12/h1,3H,2,4-8H2,(H,16,17)(H,18,19). The van der Waals surface area contributed by atoms with E-state index in [-0.39, 0.29) is 0 Å². The molecule has 0 aromatic carbocycles. The lowest BCUT2D eigenvalue weighted by molar-refractivity contribution is -0.181. The van der Waals surface area contributed by atoms with Gasteiger partial charge in [-0.25, -0.2) is 0 Å². The third kappa shape index (κ3) is 3.73. The van der Waals surface area contributed by atoms with Gasteiger partial charge in [-0.05, 0) is 30.9 Å². The topological polar surface area (TPSA) is 22.2 Å². The van der Waals surface area contributed by atoms with Gasteiger partial charge < -0.3 is 4.74 Å². The maximum atomic E-state index is 5.36. The van der Waals surface area contributed by atoms with Crippen molar-refractivity contribution in [1.82, 2.24) is 20.3 Å². The average Bonchev–Trinajstić information content (AvgIpc) is 2.89. The fourth-order valence-corrected chi connectivity index (χ4v) is 2.79. The first-order chi connectivity index (χ1) is 9.11. The van der Waals surface area contributed by atoms with E-state index in [9.17, 15) is 0 Å².